The summed E-state index contributed by atoms with van der Waals surface area (Å²) in [6.45, 7) is 4.39. The van der Waals surface area contributed by atoms with Crippen LogP contribution < -0.4 is 0 Å². The van der Waals surface area contributed by atoms with Crippen LogP contribution in [0.2, 0.25) is 0 Å². The fraction of sp³-hybridized carbons (Fsp3) is 0.694. The summed E-state index contributed by atoms with van der Waals surface area (Å²) in [7, 11) is -4.76. The van der Waals surface area contributed by atoms with Crippen LogP contribution >= 0.6 is 7.82 Å². The molecule has 424 valence electrons. The fourth-order valence-corrected chi connectivity index (χ4v) is 8.32. The van der Waals surface area contributed by atoms with Crippen LogP contribution in [0.15, 0.2) is 97.2 Å². The number of aliphatic hydroxyl groups is 1. The Hall–Kier alpha value is -3.60. The maximum atomic E-state index is 12.9. The highest BCUT2D eigenvalue weighted by Gasteiger charge is 2.28. The molecule has 0 saturated carbocycles. The Bertz CT molecular complexity index is 1610. The van der Waals surface area contributed by atoms with Crippen molar-refractivity contribution in [2.24, 2.45) is 0 Å². The lowest BCUT2D eigenvalue weighted by atomic mass is 10.1. The van der Waals surface area contributed by atoms with E-state index in [4.69, 9.17) is 23.3 Å². The van der Waals surface area contributed by atoms with E-state index in [-0.39, 0.29) is 25.9 Å². The lowest BCUT2D eigenvalue weighted by molar-refractivity contribution is -0.161. The molecule has 0 radical (unpaired) electrons. The maximum absolute atomic E-state index is 12.9. The molecular weight excluding hydrogens is 952 g/mol. The van der Waals surface area contributed by atoms with Gasteiger partial charge in [-0.3, -0.25) is 23.4 Å². The van der Waals surface area contributed by atoms with Crippen LogP contribution in [0.5, 0.6) is 0 Å². The van der Waals surface area contributed by atoms with Gasteiger partial charge in [-0.2, -0.15) is 0 Å². The largest absolute Gasteiger partial charge is 0.472 e. The van der Waals surface area contributed by atoms with E-state index in [1.165, 1.54) is 25.7 Å². The number of hydrogen-bond donors (Lipinski definition) is 2. The van der Waals surface area contributed by atoms with Crippen molar-refractivity contribution in [2.75, 3.05) is 26.4 Å². The van der Waals surface area contributed by atoms with E-state index in [9.17, 15) is 28.9 Å². The number of phosphoric ester groups is 1. The lowest BCUT2D eigenvalue weighted by Gasteiger charge is -2.21. The summed E-state index contributed by atoms with van der Waals surface area (Å²) in [4.78, 5) is 48.5. The Morgan fingerprint density at radius 2 is 0.730 bits per heavy atom. The van der Waals surface area contributed by atoms with Crippen LogP contribution in [0.1, 0.15) is 239 Å². The highest BCUT2D eigenvalue weighted by Crippen LogP contribution is 2.43. The first-order valence-electron chi connectivity index (χ1n) is 29.1. The first kappa shape index (κ1) is 70.4. The van der Waals surface area contributed by atoms with Gasteiger partial charge >= 0.3 is 25.7 Å². The summed E-state index contributed by atoms with van der Waals surface area (Å²) in [5.41, 5.74) is 0. The average molecular weight is 1060 g/mol. The SMILES string of the molecule is CC/C=C\C/C=C\C/C=C\CCCCCCCC(=O)OC(COC(=O)CCCCCCCC/C=C\C/C=C\C/C=C\CCCCC)COP(=O)(O)OCC(CO)OC(=O)CCCCCCC/C=C\C/C=C\CCC. The summed E-state index contributed by atoms with van der Waals surface area (Å²) in [6.07, 6.45) is 65.0. The van der Waals surface area contributed by atoms with Gasteiger partial charge in [-0.15, -0.1) is 0 Å². The van der Waals surface area contributed by atoms with E-state index in [1.54, 1.807) is 0 Å². The van der Waals surface area contributed by atoms with Crippen molar-refractivity contribution in [2.45, 2.75) is 251 Å². The van der Waals surface area contributed by atoms with E-state index in [0.29, 0.717) is 19.3 Å². The number of carbonyl (C=O) groups is 3. The van der Waals surface area contributed by atoms with Gasteiger partial charge in [0.2, 0.25) is 0 Å². The molecule has 0 fully saturated rings. The van der Waals surface area contributed by atoms with Gasteiger partial charge in [-0.1, -0.05) is 201 Å². The lowest BCUT2D eigenvalue weighted by Crippen LogP contribution is -2.30. The van der Waals surface area contributed by atoms with E-state index < -0.39 is 57.8 Å². The smallest absolute Gasteiger partial charge is 0.462 e. The van der Waals surface area contributed by atoms with E-state index in [0.717, 1.165) is 154 Å². The third-order valence-electron chi connectivity index (χ3n) is 11.9. The van der Waals surface area contributed by atoms with Crippen LogP contribution in [0, 0.1) is 0 Å². The molecule has 3 atom stereocenters. The Labute approximate surface area is 451 Å². The van der Waals surface area contributed by atoms with Gasteiger partial charge in [0, 0.05) is 19.3 Å². The molecule has 3 unspecified atom stereocenters. The van der Waals surface area contributed by atoms with Gasteiger partial charge in [0.05, 0.1) is 19.8 Å². The minimum atomic E-state index is -4.76. The highest BCUT2D eigenvalue weighted by molar-refractivity contribution is 7.47. The number of esters is 3. The minimum absolute atomic E-state index is 0.140. The molecule has 0 aromatic rings. The fourth-order valence-electron chi connectivity index (χ4n) is 7.53. The van der Waals surface area contributed by atoms with Gasteiger partial charge in [-0.05, 0) is 116 Å². The molecular formula is C62H105O11P. The van der Waals surface area contributed by atoms with E-state index in [1.807, 2.05) is 0 Å². The zero-order chi connectivity index (χ0) is 54.1. The molecule has 2 N–H and O–H groups in total. The normalized spacial score (nSPS) is 14.1. The maximum Gasteiger partial charge on any atom is 0.472 e. The van der Waals surface area contributed by atoms with Gasteiger partial charge in [0.1, 0.15) is 12.7 Å². The first-order chi connectivity index (χ1) is 36.2. The molecule has 0 rings (SSSR count). The number of phosphoric acid groups is 1. The molecule has 0 aliphatic carbocycles. The molecule has 0 amide bonds. The number of allylic oxidation sites excluding steroid dienone is 16. The van der Waals surface area contributed by atoms with Crippen molar-refractivity contribution < 1.29 is 52.2 Å². The molecule has 0 bridgehead atoms. The molecule has 0 heterocycles. The molecule has 0 aliphatic heterocycles. The van der Waals surface area contributed by atoms with Crippen molar-refractivity contribution in [3.05, 3.63) is 97.2 Å². The van der Waals surface area contributed by atoms with Gasteiger partial charge < -0.3 is 24.2 Å². The van der Waals surface area contributed by atoms with Crippen molar-refractivity contribution in [3.8, 4) is 0 Å². The quantitative estimate of drug-likeness (QED) is 0.0197. The third kappa shape index (κ3) is 53.2. The Balaban J connectivity index is 4.78. The van der Waals surface area contributed by atoms with Gasteiger partial charge in [-0.25, -0.2) is 4.57 Å². The van der Waals surface area contributed by atoms with Crippen LogP contribution in [0.4, 0.5) is 0 Å². The Morgan fingerprint density at radius 3 is 1.14 bits per heavy atom. The second-order valence-electron chi connectivity index (χ2n) is 19.1. The van der Waals surface area contributed by atoms with E-state index in [2.05, 4.69) is 118 Å². The molecule has 0 saturated heterocycles. The molecule has 11 nitrogen and oxygen atoms in total. The van der Waals surface area contributed by atoms with Crippen LogP contribution in [-0.2, 0) is 42.2 Å². The summed E-state index contributed by atoms with van der Waals surface area (Å²) >= 11 is 0. The number of hydrogen-bond acceptors (Lipinski definition) is 10. The monoisotopic (exact) mass is 1060 g/mol. The summed E-state index contributed by atoms with van der Waals surface area (Å²) in [5, 5.41) is 9.81. The van der Waals surface area contributed by atoms with E-state index >= 15 is 0 Å². The molecule has 12 heteroatoms. The topological polar surface area (TPSA) is 155 Å². The van der Waals surface area contributed by atoms with Crippen LogP contribution in [-0.4, -0.2) is 66.5 Å². The molecule has 0 spiro atoms. The molecule has 0 aromatic heterocycles. The van der Waals surface area contributed by atoms with Gasteiger partial charge in [0.25, 0.3) is 0 Å². The molecule has 0 aliphatic rings. The second kappa shape index (κ2) is 55.6. The summed E-state index contributed by atoms with van der Waals surface area (Å²) < 4.78 is 39.5. The predicted molar refractivity (Wildman–Crippen MR) is 307 cm³/mol. The highest BCUT2D eigenvalue weighted by atomic mass is 31.2. The van der Waals surface area contributed by atoms with Crippen molar-refractivity contribution in [3.63, 3.8) is 0 Å². The van der Waals surface area contributed by atoms with Crippen LogP contribution in [0.3, 0.4) is 0 Å². The average Bonchev–Trinajstić information content (AvgIpc) is 3.39. The zero-order valence-corrected chi connectivity index (χ0v) is 47.7. The number of carbonyl (C=O) groups excluding carboxylic acids is 3. The van der Waals surface area contributed by atoms with Crippen LogP contribution in [0.25, 0.3) is 0 Å². The Kier molecular flexibility index (Phi) is 52.9. The standard InChI is InChI=1S/C62H105O11P/c1-4-7-10-13-16-19-22-25-27-28-29-30-32-34-36-39-42-45-48-51-60(64)69-55-59(73-62(66)53-50-47-44-41-38-35-31-26-23-20-17-14-11-8-5-2)57-71-74(67,68)70-56-58(54-63)72-61(65)52-49-46-43-40-37-33-24-21-18-15-12-9-6-3/h8,11-12,15-17,19-21,24-27,29-31,58-59,63H,4-7,9-10,13-14,18,22-23,28,32-57H2,1-3H3,(H,67,68)/b11-8-,15-12-,19-16-,20-17-,24-21-,27-25-,30-29-,31-26-. The zero-order valence-electron chi connectivity index (χ0n) is 46.8. The van der Waals surface area contributed by atoms with Crippen molar-refractivity contribution in [1.29, 1.82) is 0 Å². The summed E-state index contributed by atoms with van der Waals surface area (Å²) in [6, 6.07) is 0. The number of rotatable bonds is 53. The minimum Gasteiger partial charge on any atom is -0.462 e. The van der Waals surface area contributed by atoms with Crippen molar-refractivity contribution in [1.82, 2.24) is 0 Å². The molecule has 0 aromatic carbocycles. The Morgan fingerprint density at radius 1 is 0.392 bits per heavy atom. The summed E-state index contributed by atoms with van der Waals surface area (Å²) in [5.74, 6) is -1.52. The predicted octanol–water partition coefficient (Wildman–Crippen LogP) is 17.3. The molecule has 74 heavy (non-hydrogen) atoms. The van der Waals surface area contributed by atoms with Gasteiger partial charge in [0.15, 0.2) is 6.10 Å². The number of unbranched alkanes of at least 4 members (excludes halogenated alkanes) is 20. The van der Waals surface area contributed by atoms with Crippen molar-refractivity contribution >= 4 is 25.7 Å². The first-order valence-corrected chi connectivity index (χ1v) is 30.6. The number of ether oxygens (including phenoxy) is 3. The number of aliphatic hydroxyl groups excluding tert-OH is 1. The third-order valence-corrected chi connectivity index (χ3v) is 12.9. The second-order valence-corrected chi connectivity index (χ2v) is 20.5.